The van der Waals surface area contributed by atoms with Gasteiger partial charge >= 0.3 is 5.97 Å². The minimum Gasteiger partial charge on any atom is -0.481 e. The number of hydrogen-bond donors (Lipinski definition) is 2. The van der Waals surface area contributed by atoms with Crippen molar-refractivity contribution in [1.29, 1.82) is 0 Å². The summed E-state index contributed by atoms with van der Waals surface area (Å²) in [4.78, 5) is 13.5. The first-order valence-corrected chi connectivity index (χ1v) is 4.25. The van der Waals surface area contributed by atoms with Gasteiger partial charge in [0.1, 0.15) is 0 Å². The first-order chi connectivity index (χ1) is 6.25. The van der Waals surface area contributed by atoms with Crippen molar-refractivity contribution in [1.82, 2.24) is 4.98 Å². The van der Waals surface area contributed by atoms with E-state index in [1.54, 1.807) is 0 Å². The van der Waals surface area contributed by atoms with Crippen LogP contribution in [0.5, 0.6) is 0 Å². The minimum atomic E-state index is -0.806. The van der Waals surface area contributed by atoms with E-state index in [2.05, 4.69) is 4.98 Å². The molecule has 1 aliphatic heterocycles. The maximum absolute atomic E-state index is 10.4. The zero-order valence-corrected chi connectivity index (χ0v) is 7.17. The summed E-state index contributed by atoms with van der Waals surface area (Å²) in [5.41, 5.74) is 2.99. The van der Waals surface area contributed by atoms with Crippen molar-refractivity contribution in [3.8, 4) is 0 Å². The van der Waals surface area contributed by atoms with Crippen LogP contribution in [0.25, 0.3) is 0 Å². The highest BCUT2D eigenvalue weighted by atomic mass is 16.5. The molecule has 0 saturated carbocycles. The Balaban J connectivity index is 2.20. The molecule has 1 aliphatic rings. The SMILES string of the molecule is O=C(O)Cc1cc2c([nH]1)COCC2. The molecule has 0 aliphatic carbocycles. The number of carboxylic acid groups (broad SMARTS) is 1. The third-order valence-corrected chi connectivity index (χ3v) is 2.15. The highest BCUT2D eigenvalue weighted by Crippen LogP contribution is 2.17. The molecule has 1 aromatic heterocycles. The van der Waals surface area contributed by atoms with Crippen molar-refractivity contribution in [3.05, 3.63) is 23.0 Å². The van der Waals surface area contributed by atoms with Crippen LogP contribution in [0.3, 0.4) is 0 Å². The van der Waals surface area contributed by atoms with Gasteiger partial charge in [-0.3, -0.25) is 4.79 Å². The molecule has 0 saturated heterocycles. The van der Waals surface area contributed by atoms with Crippen LogP contribution in [-0.2, 0) is 29.0 Å². The molecule has 1 aromatic rings. The Hall–Kier alpha value is -1.29. The second-order valence-corrected chi connectivity index (χ2v) is 3.17. The van der Waals surface area contributed by atoms with E-state index in [-0.39, 0.29) is 6.42 Å². The minimum absolute atomic E-state index is 0.0625. The van der Waals surface area contributed by atoms with Gasteiger partial charge in [0.05, 0.1) is 19.6 Å². The van der Waals surface area contributed by atoms with Crippen molar-refractivity contribution in [3.63, 3.8) is 0 Å². The summed E-state index contributed by atoms with van der Waals surface area (Å²) in [6, 6.07) is 1.92. The number of aromatic nitrogens is 1. The van der Waals surface area contributed by atoms with Gasteiger partial charge in [0.25, 0.3) is 0 Å². The third-order valence-electron chi connectivity index (χ3n) is 2.15. The van der Waals surface area contributed by atoms with Gasteiger partial charge in [0, 0.05) is 11.4 Å². The lowest BCUT2D eigenvalue weighted by Gasteiger charge is -2.10. The number of hydrogen-bond acceptors (Lipinski definition) is 2. The van der Waals surface area contributed by atoms with Crippen LogP contribution >= 0.6 is 0 Å². The maximum Gasteiger partial charge on any atom is 0.309 e. The summed E-state index contributed by atoms with van der Waals surface area (Å²) in [6.07, 6.45) is 0.943. The zero-order chi connectivity index (χ0) is 9.26. The van der Waals surface area contributed by atoms with Gasteiger partial charge in [0.2, 0.25) is 0 Å². The van der Waals surface area contributed by atoms with Crippen LogP contribution in [0.2, 0.25) is 0 Å². The molecule has 0 radical (unpaired) electrons. The lowest BCUT2D eigenvalue weighted by Crippen LogP contribution is -2.07. The molecule has 4 nitrogen and oxygen atoms in total. The van der Waals surface area contributed by atoms with Crippen molar-refractivity contribution < 1.29 is 14.6 Å². The number of ether oxygens (including phenoxy) is 1. The molecular weight excluding hydrogens is 170 g/mol. The summed E-state index contributed by atoms with van der Waals surface area (Å²) in [5.74, 6) is -0.806. The number of carbonyl (C=O) groups is 1. The normalized spacial score (nSPS) is 15.4. The molecule has 4 heteroatoms. The molecule has 2 N–H and O–H groups in total. The average Bonchev–Trinajstić information content (AvgIpc) is 2.44. The summed E-state index contributed by atoms with van der Waals surface area (Å²) in [5, 5.41) is 8.58. The quantitative estimate of drug-likeness (QED) is 0.706. The second kappa shape index (κ2) is 3.22. The number of aromatic amines is 1. The number of H-pyrrole nitrogens is 1. The molecule has 13 heavy (non-hydrogen) atoms. The first-order valence-electron chi connectivity index (χ1n) is 4.25. The van der Waals surface area contributed by atoms with E-state index >= 15 is 0 Å². The van der Waals surface area contributed by atoms with Gasteiger partial charge in [-0.1, -0.05) is 0 Å². The van der Waals surface area contributed by atoms with Crippen LogP contribution in [-0.4, -0.2) is 22.7 Å². The molecule has 0 unspecified atom stereocenters. The molecule has 0 bridgehead atoms. The highest BCUT2D eigenvalue weighted by Gasteiger charge is 2.13. The van der Waals surface area contributed by atoms with Crippen molar-refractivity contribution in [2.45, 2.75) is 19.4 Å². The van der Waals surface area contributed by atoms with Crippen molar-refractivity contribution in [2.75, 3.05) is 6.61 Å². The van der Waals surface area contributed by atoms with E-state index in [0.717, 1.165) is 24.4 Å². The van der Waals surface area contributed by atoms with Gasteiger partial charge in [0.15, 0.2) is 0 Å². The second-order valence-electron chi connectivity index (χ2n) is 3.17. The molecule has 0 amide bonds. The van der Waals surface area contributed by atoms with Gasteiger partial charge in [-0.15, -0.1) is 0 Å². The fraction of sp³-hybridized carbons (Fsp3) is 0.444. The van der Waals surface area contributed by atoms with E-state index in [4.69, 9.17) is 9.84 Å². The van der Waals surface area contributed by atoms with E-state index in [1.807, 2.05) is 6.07 Å². The number of aliphatic carboxylic acids is 1. The molecule has 2 heterocycles. The summed E-state index contributed by atoms with van der Waals surface area (Å²) < 4.78 is 5.24. The summed E-state index contributed by atoms with van der Waals surface area (Å²) in [7, 11) is 0. The van der Waals surface area contributed by atoms with E-state index in [1.165, 1.54) is 5.56 Å². The molecule has 0 spiro atoms. The highest BCUT2D eigenvalue weighted by molar-refractivity contribution is 5.69. The number of fused-ring (bicyclic) bond motifs is 1. The maximum atomic E-state index is 10.4. The molecule has 2 rings (SSSR count). The molecule has 0 fully saturated rings. The van der Waals surface area contributed by atoms with Gasteiger partial charge < -0.3 is 14.8 Å². The van der Waals surface area contributed by atoms with Gasteiger partial charge in [-0.05, 0) is 18.1 Å². The first kappa shape index (κ1) is 8.31. The van der Waals surface area contributed by atoms with Crippen molar-refractivity contribution in [2.24, 2.45) is 0 Å². The van der Waals surface area contributed by atoms with Crippen molar-refractivity contribution >= 4 is 5.97 Å². The topological polar surface area (TPSA) is 62.3 Å². The number of nitrogens with one attached hydrogen (secondary N) is 1. The largest absolute Gasteiger partial charge is 0.481 e. The van der Waals surface area contributed by atoms with Gasteiger partial charge in [-0.25, -0.2) is 0 Å². The van der Waals surface area contributed by atoms with Crippen LogP contribution in [0.1, 0.15) is 17.0 Å². The summed E-state index contributed by atoms with van der Waals surface area (Å²) in [6.45, 7) is 1.31. The predicted octanol–water partition coefficient (Wildman–Crippen LogP) is 0.715. The number of carboxylic acids is 1. The number of rotatable bonds is 2. The Morgan fingerprint density at radius 1 is 1.69 bits per heavy atom. The van der Waals surface area contributed by atoms with Crippen LogP contribution in [0, 0.1) is 0 Å². The molecular formula is C9H11NO3. The van der Waals surface area contributed by atoms with Gasteiger partial charge in [-0.2, -0.15) is 0 Å². The standard InChI is InChI=1S/C9H11NO3/c11-9(12)4-7-3-6-1-2-13-5-8(6)10-7/h3,10H,1-2,4-5H2,(H,11,12). The molecule has 0 atom stereocenters. The average molecular weight is 181 g/mol. The Bertz CT molecular complexity index is 306. The fourth-order valence-electron chi connectivity index (χ4n) is 1.57. The molecule has 70 valence electrons. The predicted molar refractivity (Wildman–Crippen MR) is 45.5 cm³/mol. The third kappa shape index (κ3) is 1.72. The Kier molecular flexibility index (Phi) is 2.06. The lowest BCUT2D eigenvalue weighted by molar-refractivity contribution is -0.136. The fourth-order valence-corrected chi connectivity index (χ4v) is 1.57. The van der Waals surface area contributed by atoms with Crippen LogP contribution < -0.4 is 0 Å². The summed E-state index contributed by atoms with van der Waals surface area (Å²) >= 11 is 0. The Morgan fingerprint density at radius 3 is 3.23 bits per heavy atom. The zero-order valence-electron chi connectivity index (χ0n) is 7.17. The van der Waals surface area contributed by atoms with Crippen LogP contribution in [0.15, 0.2) is 6.07 Å². The van der Waals surface area contributed by atoms with Crippen LogP contribution in [0.4, 0.5) is 0 Å². The Labute approximate surface area is 75.5 Å². The smallest absolute Gasteiger partial charge is 0.309 e. The molecule has 0 aromatic carbocycles. The monoisotopic (exact) mass is 181 g/mol. The lowest BCUT2D eigenvalue weighted by atomic mass is 10.1. The van der Waals surface area contributed by atoms with E-state index in [9.17, 15) is 4.79 Å². The Morgan fingerprint density at radius 2 is 2.54 bits per heavy atom. The van der Waals surface area contributed by atoms with E-state index < -0.39 is 5.97 Å². The van der Waals surface area contributed by atoms with E-state index in [0.29, 0.717) is 6.61 Å².